The quantitative estimate of drug-likeness (QED) is 0.593. The van der Waals surface area contributed by atoms with E-state index in [1.165, 1.54) is 0 Å². The SMILES string of the molecule is Cc1cc(C)nc(-n2nc(C)c(CC(=O)NCC3(c4cccc(Cl)c4)CCOCC3)c2C)n1. The maximum atomic E-state index is 13.0. The fraction of sp³-hybridized carbons (Fsp3) is 0.440. The second kappa shape index (κ2) is 9.61. The molecule has 174 valence electrons. The summed E-state index contributed by atoms with van der Waals surface area (Å²) in [5.41, 5.74) is 5.31. The van der Waals surface area contributed by atoms with Gasteiger partial charge >= 0.3 is 0 Å². The maximum Gasteiger partial charge on any atom is 0.251 e. The monoisotopic (exact) mass is 467 g/mol. The minimum absolute atomic E-state index is 0.0324. The predicted molar refractivity (Wildman–Crippen MR) is 128 cm³/mol. The van der Waals surface area contributed by atoms with E-state index in [2.05, 4.69) is 26.4 Å². The minimum atomic E-state index is -0.181. The molecular weight excluding hydrogens is 438 g/mol. The molecule has 0 bridgehead atoms. The molecule has 1 aliphatic rings. The van der Waals surface area contributed by atoms with Gasteiger partial charge in [0.2, 0.25) is 5.91 Å². The van der Waals surface area contributed by atoms with Gasteiger partial charge in [-0.25, -0.2) is 14.6 Å². The molecule has 3 heterocycles. The zero-order valence-electron chi connectivity index (χ0n) is 19.6. The molecule has 0 saturated carbocycles. The summed E-state index contributed by atoms with van der Waals surface area (Å²) in [6.07, 6.45) is 1.94. The number of benzene rings is 1. The van der Waals surface area contributed by atoms with E-state index in [0.717, 1.165) is 46.7 Å². The van der Waals surface area contributed by atoms with E-state index in [0.29, 0.717) is 30.7 Å². The molecule has 0 radical (unpaired) electrons. The Morgan fingerprint density at radius 2 is 1.82 bits per heavy atom. The molecule has 3 aromatic rings. The van der Waals surface area contributed by atoms with Crippen molar-refractivity contribution in [3.05, 3.63) is 69.3 Å². The summed E-state index contributed by atoms with van der Waals surface area (Å²) >= 11 is 6.27. The van der Waals surface area contributed by atoms with Gasteiger partial charge in [0.25, 0.3) is 5.95 Å². The molecule has 0 aliphatic carbocycles. The van der Waals surface area contributed by atoms with Crippen molar-refractivity contribution in [3.63, 3.8) is 0 Å². The predicted octanol–water partition coefficient (Wildman–Crippen LogP) is 3.96. The number of amides is 1. The fourth-order valence-corrected chi connectivity index (χ4v) is 4.76. The standard InChI is InChI=1S/C25H30ClN5O2/c1-16-12-17(2)29-24(28-16)31-19(4)22(18(3)30-31)14-23(32)27-15-25(8-10-33-11-9-25)20-6-5-7-21(26)13-20/h5-7,12-13H,8-11,14-15H2,1-4H3,(H,27,32). The van der Waals surface area contributed by atoms with Gasteiger partial charge in [0, 0.05) is 52.8 Å². The van der Waals surface area contributed by atoms with Gasteiger partial charge in [-0.2, -0.15) is 5.10 Å². The first-order valence-electron chi connectivity index (χ1n) is 11.3. The van der Waals surface area contributed by atoms with Crippen LogP contribution in [0.2, 0.25) is 5.02 Å². The number of carbonyl (C=O) groups is 1. The van der Waals surface area contributed by atoms with Gasteiger partial charge < -0.3 is 10.1 Å². The topological polar surface area (TPSA) is 81.9 Å². The zero-order chi connectivity index (χ0) is 23.6. The van der Waals surface area contributed by atoms with Crippen LogP contribution >= 0.6 is 11.6 Å². The molecule has 1 amide bonds. The third kappa shape index (κ3) is 5.09. The van der Waals surface area contributed by atoms with Crippen LogP contribution in [-0.2, 0) is 21.4 Å². The van der Waals surface area contributed by atoms with Gasteiger partial charge in [-0.3, -0.25) is 4.79 Å². The highest BCUT2D eigenvalue weighted by Gasteiger charge is 2.35. The molecule has 8 heteroatoms. The van der Waals surface area contributed by atoms with Crippen LogP contribution < -0.4 is 5.32 Å². The van der Waals surface area contributed by atoms with Crippen LogP contribution in [0.5, 0.6) is 0 Å². The third-order valence-electron chi connectivity index (χ3n) is 6.45. The first kappa shape index (κ1) is 23.4. The van der Waals surface area contributed by atoms with Crippen molar-refractivity contribution in [3.8, 4) is 5.95 Å². The number of aromatic nitrogens is 4. The summed E-state index contributed by atoms with van der Waals surface area (Å²) in [5.74, 6) is 0.497. The smallest absolute Gasteiger partial charge is 0.251 e. The maximum absolute atomic E-state index is 13.0. The lowest BCUT2D eigenvalue weighted by Crippen LogP contribution is -2.45. The Labute approximate surface area is 199 Å². The van der Waals surface area contributed by atoms with Gasteiger partial charge in [0.05, 0.1) is 12.1 Å². The van der Waals surface area contributed by atoms with Gasteiger partial charge in [-0.15, -0.1) is 0 Å². The van der Waals surface area contributed by atoms with Crippen LogP contribution in [0.3, 0.4) is 0 Å². The highest BCUT2D eigenvalue weighted by molar-refractivity contribution is 6.30. The molecule has 0 atom stereocenters. The number of hydrogen-bond donors (Lipinski definition) is 1. The van der Waals surface area contributed by atoms with Gasteiger partial charge in [0.15, 0.2) is 0 Å². The van der Waals surface area contributed by atoms with Crippen LogP contribution in [0.25, 0.3) is 5.95 Å². The Morgan fingerprint density at radius 3 is 2.48 bits per heavy atom. The Kier molecular flexibility index (Phi) is 6.81. The van der Waals surface area contributed by atoms with Crippen molar-refractivity contribution in [2.24, 2.45) is 0 Å². The lowest BCUT2D eigenvalue weighted by Gasteiger charge is -2.38. The molecule has 4 rings (SSSR count). The van der Waals surface area contributed by atoms with Crippen molar-refractivity contribution in [2.45, 2.75) is 52.4 Å². The van der Waals surface area contributed by atoms with Gasteiger partial charge in [-0.1, -0.05) is 23.7 Å². The van der Waals surface area contributed by atoms with Crippen LogP contribution in [0, 0.1) is 27.7 Å². The number of aryl methyl sites for hydroxylation is 3. The molecule has 1 N–H and O–H groups in total. The Bertz CT molecular complexity index is 1150. The Hall–Kier alpha value is -2.77. The van der Waals surface area contributed by atoms with Crippen molar-refractivity contribution in [1.29, 1.82) is 0 Å². The summed E-state index contributed by atoms with van der Waals surface area (Å²) in [6, 6.07) is 9.86. The van der Waals surface area contributed by atoms with Crippen LogP contribution in [0.15, 0.2) is 30.3 Å². The molecule has 1 aromatic carbocycles. The van der Waals surface area contributed by atoms with E-state index in [1.54, 1.807) is 4.68 Å². The van der Waals surface area contributed by atoms with E-state index in [9.17, 15) is 4.79 Å². The van der Waals surface area contributed by atoms with Crippen molar-refractivity contribution in [1.82, 2.24) is 25.1 Å². The number of rotatable bonds is 6. The molecule has 7 nitrogen and oxygen atoms in total. The second-order valence-corrected chi connectivity index (χ2v) is 9.30. The number of ether oxygens (including phenoxy) is 1. The zero-order valence-corrected chi connectivity index (χ0v) is 20.4. The lowest BCUT2D eigenvalue weighted by atomic mass is 9.74. The lowest BCUT2D eigenvalue weighted by molar-refractivity contribution is -0.121. The Balaban J connectivity index is 1.51. The molecular formula is C25H30ClN5O2. The summed E-state index contributed by atoms with van der Waals surface area (Å²) in [5, 5.41) is 8.50. The average Bonchev–Trinajstić information content (AvgIpc) is 3.06. The normalized spacial score (nSPS) is 15.4. The highest BCUT2D eigenvalue weighted by atomic mass is 35.5. The van der Waals surface area contributed by atoms with Crippen LogP contribution in [0.1, 0.15) is 46.7 Å². The number of carbonyl (C=O) groups excluding carboxylic acids is 1. The third-order valence-corrected chi connectivity index (χ3v) is 6.68. The summed E-state index contributed by atoms with van der Waals surface area (Å²) in [6.45, 7) is 9.62. The first-order chi connectivity index (χ1) is 15.8. The number of nitrogens with one attached hydrogen (secondary N) is 1. The second-order valence-electron chi connectivity index (χ2n) is 8.87. The van der Waals surface area contributed by atoms with E-state index in [1.807, 2.05) is 52.0 Å². The molecule has 2 aromatic heterocycles. The molecule has 1 saturated heterocycles. The molecule has 1 aliphatic heterocycles. The Morgan fingerprint density at radius 1 is 1.12 bits per heavy atom. The number of nitrogens with zero attached hydrogens (tertiary/aromatic N) is 4. The van der Waals surface area contributed by atoms with Crippen LogP contribution in [-0.4, -0.2) is 45.4 Å². The molecule has 0 spiro atoms. The number of hydrogen-bond acceptors (Lipinski definition) is 5. The van der Waals surface area contributed by atoms with E-state index >= 15 is 0 Å². The molecule has 0 unspecified atom stereocenters. The van der Waals surface area contributed by atoms with E-state index in [-0.39, 0.29) is 17.7 Å². The van der Waals surface area contributed by atoms with E-state index < -0.39 is 0 Å². The van der Waals surface area contributed by atoms with Crippen molar-refractivity contribution < 1.29 is 9.53 Å². The summed E-state index contributed by atoms with van der Waals surface area (Å²) in [4.78, 5) is 22.0. The van der Waals surface area contributed by atoms with Gasteiger partial charge in [-0.05, 0) is 64.3 Å². The van der Waals surface area contributed by atoms with Crippen molar-refractivity contribution >= 4 is 17.5 Å². The highest BCUT2D eigenvalue weighted by Crippen LogP contribution is 2.35. The summed E-state index contributed by atoms with van der Waals surface area (Å²) in [7, 11) is 0. The summed E-state index contributed by atoms with van der Waals surface area (Å²) < 4.78 is 7.33. The van der Waals surface area contributed by atoms with Crippen LogP contribution in [0.4, 0.5) is 0 Å². The van der Waals surface area contributed by atoms with E-state index in [4.69, 9.17) is 16.3 Å². The number of halogens is 1. The largest absolute Gasteiger partial charge is 0.381 e. The average molecular weight is 468 g/mol. The van der Waals surface area contributed by atoms with Gasteiger partial charge in [0.1, 0.15) is 0 Å². The van der Waals surface area contributed by atoms with Crippen molar-refractivity contribution in [2.75, 3.05) is 19.8 Å². The fourth-order valence-electron chi connectivity index (χ4n) is 4.57. The molecule has 1 fully saturated rings. The minimum Gasteiger partial charge on any atom is -0.381 e. The molecule has 33 heavy (non-hydrogen) atoms. The first-order valence-corrected chi connectivity index (χ1v) is 11.6.